The number of hydrogen-bond donors (Lipinski definition) is 0. The molecule has 2 aromatic carbocycles. The van der Waals surface area contributed by atoms with Crippen molar-refractivity contribution in [3.05, 3.63) is 87.6 Å². The molecule has 0 saturated heterocycles. The number of hydrogen-bond acceptors (Lipinski definition) is 6. The Kier molecular flexibility index (Phi) is 6.96. The Hall–Kier alpha value is -2.62. The summed E-state index contributed by atoms with van der Waals surface area (Å²) in [4.78, 5) is 17.2. The minimum Gasteiger partial charge on any atom is -0.265 e. The van der Waals surface area contributed by atoms with Gasteiger partial charge in [-0.2, -0.15) is 9.42 Å². The fourth-order valence-electron chi connectivity index (χ4n) is 2.99. The Labute approximate surface area is 179 Å². The van der Waals surface area contributed by atoms with E-state index in [0.29, 0.717) is 11.4 Å². The van der Waals surface area contributed by atoms with Crippen LogP contribution in [0.4, 0.5) is 4.39 Å². The van der Waals surface area contributed by atoms with Gasteiger partial charge >= 0.3 is 5.91 Å². The molecular formula is C21H22FN3O3S2. The van der Waals surface area contributed by atoms with Crippen molar-refractivity contribution in [3.8, 4) is 0 Å². The maximum absolute atomic E-state index is 13.2. The van der Waals surface area contributed by atoms with Gasteiger partial charge in [0.25, 0.3) is 0 Å². The number of carbonyl (C=O) groups excluding carboxylic acids is 1. The average Bonchev–Trinajstić information content (AvgIpc) is 3.13. The van der Waals surface area contributed by atoms with Crippen LogP contribution >= 0.6 is 11.3 Å². The molecule has 1 amide bonds. The maximum Gasteiger partial charge on any atom is 0.301 e. The van der Waals surface area contributed by atoms with Crippen molar-refractivity contribution in [1.29, 1.82) is 0 Å². The van der Waals surface area contributed by atoms with Crippen LogP contribution in [0.2, 0.25) is 0 Å². The smallest absolute Gasteiger partial charge is 0.265 e. The van der Waals surface area contributed by atoms with Gasteiger partial charge in [0.05, 0.1) is 11.3 Å². The van der Waals surface area contributed by atoms with Gasteiger partial charge in [0.15, 0.2) is 0 Å². The number of aryl methyl sites for hydroxylation is 1. The first-order valence-electron chi connectivity index (χ1n) is 9.24. The fraction of sp³-hybridized carbons (Fsp3) is 0.238. The quantitative estimate of drug-likeness (QED) is 0.493. The van der Waals surface area contributed by atoms with Gasteiger partial charge in [-0.1, -0.05) is 42.5 Å². The number of hydrazine groups is 1. The highest BCUT2D eigenvalue weighted by molar-refractivity contribution is 7.88. The van der Waals surface area contributed by atoms with Crippen LogP contribution in [0.5, 0.6) is 0 Å². The normalized spacial score (nSPS) is 11.6. The number of halogens is 1. The molecule has 1 aromatic heterocycles. The highest BCUT2D eigenvalue weighted by Gasteiger charge is 2.32. The third-order valence-corrected chi connectivity index (χ3v) is 6.16. The van der Waals surface area contributed by atoms with E-state index in [1.165, 1.54) is 28.5 Å². The molecule has 0 fully saturated rings. The summed E-state index contributed by atoms with van der Waals surface area (Å²) in [5, 5.41) is 3.72. The van der Waals surface area contributed by atoms with Gasteiger partial charge in [0.2, 0.25) is 10.0 Å². The van der Waals surface area contributed by atoms with E-state index in [0.717, 1.165) is 21.8 Å². The third-order valence-electron chi connectivity index (χ3n) is 4.36. The van der Waals surface area contributed by atoms with Crippen LogP contribution in [0.3, 0.4) is 0 Å². The van der Waals surface area contributed by atoms with Crippen molar-refractivity contribution < 1.29 is 17.6 Å². The second-order valence-corrected chi connectivity index (χ2v) is 9.69. The summed E-state index contributed by atoms with van der Waals surface area (Å²) >= 11 is 1.28. The molecule has 3 rings (SSSR count). The summed E-state index contributed by atoms with van der Waals surface area (Å²) in [6, 6.07) is 15.3. The maximum atomic E-state index is 13.2. The van der Waals surface area contributed by atoms with Gasteiger partial charge in [-0.05, 0) is 36.6 Å². The van der Waals surface area contributed by atoms with E-state index in [1.807, 2.05) is 30.3 Å². The van der Waals surface area contributed by atoms with Gasteiger partial charge in [0.1, 0.15) is 11.5 Å². The van der Waals surface area contributed by atoms with Crippen LogP contribution in [0, 0.1) is 12.7 Å². The summed E-state index contributed by atoms with van der Waals surface area (Å²) in [6.07, 6.45) is 1.43. The molecule has 0 spiro atoms. The van der Waals surface area contributed by atoms with Crippen LogP contribution < -0.4 is 0 Å². The molecule has 0 atom stereocenters. The molecule has 158 valence electrons. The monoisotopic (exact) mass is 447 g/mol. The van der Waals surface area contributed by atoms with E-state index in [4.69, 9.17) is 0 Å². The number of thiazole rings is 1. The standard InChI is InChI=1S/C21H22FN3O3S2/c1-16-23-20(15-29-16)21(26)25(30(2,27)28)24(14-18-6-4-3-5-7-18)13-12-17-8-10-19(22)11-9-17/h3-11,15H,12-14H2,1-2H3. The van der Waals surface area contributed by atoms with Crippen molar-refractivity contribution in [2.24, 2.45) is 0 Å². The van der Waals surface area contributed by atoms with E-state index in [1.54, 1.807) is 24.4 Å². The zero-order valence-electron chi connectivity index (χ0n) is 16.7. The van der Waals surface area contributed by atoms with E-state index in [9.17, 15) is 17.6 Å². The molecule has 0 aliphatic heterocycles. The minimum atomic E-state index is -3.92. The molecule has 9 heteroatoms. The first-order valence-corrected chi connectivity index (χ1v) is 12.0. The largest absolute Gasteiger partial charge is 0.301 e. The number of aromatic nitrogens is 1. The number of benzene rings is 2. The molecule has 0 N–H and O–H groups in total. The second kappa shape index (κ2) is 9.46. The van der Waals surface area contributed by atoms with E-state index in [2.05, 4.69) is 4.98 Å². The Morgan fingerprint density at radius 3 is 2.30 bits per heavy atom. The second-order valence-electron chi connectivity index (χ2n) is 6.81. The minimum absolute atomic E-state index is 0.0859. The first kappa shape index (κ1) is 22.1. The lowest BCUT2D eigenvalue weighted by molar-refractivity contribution is 0.0342. The molecule has 0 unspecified atom stereocenters. The van der Waals surface area contributed by atoms with E-state index >= 15 is 0 Å². The molecular weight excluding hydrogens is 425 g/mol. The van der Waals surface area contributed by atoms with Crippen molar-refractivity contribution in [1.82, 2.24) is 14.4 Å². The van der Waals surface area contributed by atoms with Gasteiger partial charge in [-0.25, -0.2) is 17.8 Å². The summed E-state index contributed by atoms with van der Waals surface area (Å²) in [7, 11) is -3.92. The summed E-state index contributed by atoms with van der Waals surface area (Å²) in [5.74, 6) is -1.04. The molecule has 0 aliphatic carbocycles. The van der Waals surface area contributed by atoms with Crippen molar-refractivity contribution in [2.45, 2.75) is 19.9 Å². The van der Waals surface area contributed by atoms with Crippen LogP contribution in [0.15, 0.2) is 60.0 Å². The van der Waals surface area contributed by atoms with Crippen LogP contribution in [-0.4, -0.2) is 41.5 Å². The molecule has 0 aliphatic rings. The predicted octanol–water partition coefficient (Wildman–Crippen LogP) is 3.65. The van der Waals surface area contributed by atoms with E-state index < -0.39 is 15.9 Å². The SMILES string of the molecule is Cc1nc(C(=O)N(N(CCc2ccc(F)cc2)Cc2ccccc2)S(C)(=O)=O)cs1. The Morgan fingerprint density at radius 1 is 1.07 bits per heavy atom. The number of amides is 1. The van der Waals surface area contributed by atoms with Crippen molar-refractivity contribution in [3.63, 3.8) is 0 Å². The highest BCUT2D eigenvalue weighted by atomic mass is 32.2. The van der Waals surface area contributed by atoms with Gasteiger partial charge < -0.3 is 0 Å². The lowest BCUT2D eigenvalue weighted by atomic mass is 10.1. The van der Waals surface area contributed by atoms with Crippen LogP contribution in [-0.2, 0) is 23.0 Å². The van der Waals surface area contributed by atoms with Crippen molar-refractivity contribution in [2.75, 3.05) is 12.8 Å². The number of sulfonamides is 1. The number of nitrogens with zero attached hydrogens (tertiary/aromatic N) is 3. The zero-order valence-corrected chi connectivity index (χ0v) is 18.3. The molecule has 1 heterocycles. The number of carbonyl (C=O) groups is 1. The van der Waals surface area contributed by atoms with Crippen molar-refractivity contribution >= 4 is 27.3 Å². The fourth-order valence-corrected chi connectivity index (χ4v) is 4.53. The van der Waals surface area contributed by atoms with Gasteiger partial charge in [0, 0.05) is 18.5 Å². The Morgan fingerprint density at radius 2 is 1.73 bits per heavy atom. The lowest BCUT2D eigenvalue weighted by Crippen LogP contribution is -2.50. The van der Waals surface area contributed by atoms with Crippen LogP contribution in [0.1, 0.15) is 26.6 Å². The molecule has 0 radical (unpaired) electrons. The number of rotatable bonds is 8. The molecule has 6 nitrogen and oxygen atoms in total. The molecule has 0 saturated carbocycles. The lowest BCUT2D eigenvalue weighted by Gasteiger charge is -2.32. The predicted molar refractivity (Wildman–Crippen MR) is 115 cm³/mol. The van der Waals surface area contributed by atoms with Gasteiger partial charge in [-0.15, -0.1) is 11.3 Å². The zero-order chi connectivity index (χ0) is 21.7. The molecule has 30 heavy (non-hydrogen) atoms. The molecule has 3 aromatic rings. The van der Waals surface area contributed by atoms with E-state index in [-0.39, 0.29) is 24.6 Å². The Bertz CT molecular complexity index is 1100. The summed E-state index contributed by atoms with van der Waals surface area (Å²) < 4.78 is 39.3. The highest BCUT2D eigenvalue weighted by Crippen LogP contribution is 2.18. The first-order chi connectivity index (χ1) is 14.2. The van der Waals surface area contributed by atoms with Crippen LogP contribution in [0.25, 0.3) is 0 Å². The Balaban J connectivity index is 1.93. The summed E-state index contributed by atoms with van der Waals surface area (Å²) in [5.41, 5.74) is 1.77. The third kappa shape index (κ3) is 5.71. The summed E-state index contributed by atoms with van der Waals surface area (Å²) in [6.45, 7) is 2.20. The van der Waals surface area contributed by atoms with Gasteiger partial charge in [-0.3, -0.25) is 4.79 Å². The topological polar surface area (TPSA) is 70.6 Å². The average molecular weight is 448 g/mol. The molecule has 0 bridgehead atoms.